The van der Waals surface area contributed by atoms with E-state index in [2.05, 4.69) is 5.32 Å². The molecule has 1 atom stereocenters. The van der Waals surface area contributed by atoms with E-state index in [9.17, 15) is 13.2 Å². The van der Waals surface area contributed by atoms with E-state index < -0.39 is 12.7 Å². The summed E-state index contributed by atoms with van der Waals surface area (Å²) in [6, 6.07) is 1.40. The maximum Gasteiger partial charge on any atom is 0.401 e. The maximum absolute atomic E-state index is 12.0. The zero-order valence-corrected chi connectivity index (χ0v) is 8.90. The van der Waals surface area contributed by atoms with E-state index in [1.165, 1.54) is 0 Å². The third-order valence-electron chi connectivity index (χ3n) is 2.15. The zero-order chi connectivity index (χ0) is 11.6. The molecule has 0 saturated heterocycles. The number of aryl methyl sites for hydroxylation is 2. The Morgan fingerprint density at radius 1 is 1.40 bits per heavy atom. The average molecular weight is 221 g/mol. The summed E-state index contributed by atoms with van der Waals surface area (Å²) in [5.74, 6) is 1.37. The first-order chi connectivity index (χ1) is 6.79. The lowest BCUT2D eigenvalue weighted by atomic mass is 10.1. The van der Waals surface area contributed by atoms with Gasteiger partial charge in [0.15, 0.2) is 0 Å². The molecule has 0 saturated carbocycles. The summed E-state index contributed by atoms with van der Waals surface area (Å²) < 4.78 is 41.1. The van der Waals surface area contributed by atoms with Crippen LogP contribution in [0.4, 0.5) is 13.2 Å². The van der Waals surface area contributed by atoms with E-state index in [4.69, 9.17) is 4.42 Å². The highest BCUT2D eigenvalue weighted by molar-refractivity contribution is 5.23. The quantitative estimate of drug-likeness (QED) is 0.848. The van der Waals surface area contributed by atoms with Crippen LogP contribution >= 0.6 is 0 Å². The van der Waals surface area contributed by atoms with Crippen LogP contribution in [0.3, 0.4) is 0 Å². The second kappa shape index (κ2) is 4.26. The van der Waals surface area contributed by atoms with E-state index in [1.54, 1.807) is 26.8 Å². The van der Waals surface area contributed by atoms with Gasteiger partial charge in [-0.25, -0.2) is 0 Å². The van der Waals surface area contributed by atoms with Crippen molar-refractivity contribution < 1.29 is 17.6 Å². The molecule has 0 radical (unpaired) electrons. The van der Waals surface area contributed by atoms with Crippen molar-refractivity contribution in [2.75, 3.05) is 6.54 Å². The van der Waals surface area contributed by atoms with Gasteiger partial charge in [-0.3, -0.25) is 0 Å². The largest absolute Gasteiger partial charge is 0.466 e. The van der Waals surface area contributed by atoms with Crippen molar-refractivity contribution in [2.24, 2.45) is 0 Å². The van der Waals surface area contributed by atoms with Crippen LogP contribution in [-0.4, -0.2) is 12.7 Å². The Balaban J connectivity index is 2.61. The number of rotatable bonds is 3. The number of hydrogen-bond acceptors (Lipinski definition) is 2. The van der Waals surface area contributed by atoms with E-state index in [0.29, 0.717) is 11.5 Å². The Labute approximate surface area is 86.5 Å². The molecule has 1 rings (SSSR count). The summed E-state index contributed by atoms with van der Waals surface area (Å²) in [5.41, 5.74) is 0.775. The van der Waals surface area contributed by atoms with Crippen LogP contribution < -0.4 is 5.32 Å². The summed E-state index contributed by atoms with van der Waals surface area (Å²) in [6.07, 6.45) is -4.18. The monoisotopic (exact) mass is 221 g/mol. The molecule has 0 amide bonds. The number of nitrogens with one attached hydrogen (secondary N) is 1. The van der Waals surface area contributed by atoms with Gasteiger partial charge in [-0.1, -0.05) is 0 Å². The molecule has 5 heteroatoms. The Bertz CT molecular complexity index is 330. The van der Waals surface area contributed by atoms with Crippen molar-refractivity contribution in [1.29, 1.82) is 0 Å². The van der Waals surface area contributed by atoms with Gasteiger partial charge >= 0.3 is 6.18 Å². The van der Waals surface area contributed by atoms with Gasteiger partial charge in [0.05, 0.1) is 6.54 Å². The molecule has 1 aromatic heterocycles. The van der Waals surface area contributed by atoms with E-state index in [-0.39, 0.29) is 6.04 Å². The molecule has 0 spiro atoms. The molecule has 86 valence electrons. The van der Waals surface area contributed by atoms with E-state index >= 15 is 0 Å². The molecule has 0 fully saturated rings. The molecule has 1 unspecified atom stereocenters. The lowest BCUT2D eigenvalue weighted by Crippen LogP contribution is -2.30. The normalized spacial score (nSPS) is 14.3. The van der Waals surface area contributed by atoms with Gasteiger partial charge in [0.2, 0.25) is 0 Å². The standard InChI is InChI=1S/C10H14F3NO/c1-6-4-9(8(3)15-6)7(2)14-5-10(11,12)13/h4,7,14H,5H2,1-3H3. The first-order valence-electron chi connectivity index (χ1n) is 4.66. The Morgan fingerprint density at radius 2 is 2.00 bits per heavy atom. The number of furan rings is 1. The van der Waals surface area contributed by atoms with Gasteiger partial charge in [-0.2, -0.15) is 13.2 Å². The fourth-order valence-corrected chi connectivity index (χ4v) is 1.46. The second-order valence-corrected chi connectivity index (χ2v) is 3.59. The van der Waals surface area contributed by atoms with Crippen molar-refractivity contribution in [1.82, 2.24) is 5.32 Å². The summed E-state index contributed by atoms with van der Waals surface area (Å²) >= 11 is 0. The highest BCUT2D eigenvalue weighted by atomic mass is 19.4. The van der Waals surface area contributed by atoms with E-state index in [1.807, 2.05) is 0 Å². The summed E-state index contributed by atoms with van der Waals surface area (Å²) in [5, 5.41) is 2.41. The molecule has 0 bridgehead atoms. The fourth-order valence-electron chi connectivity index (χ4n) is 1.46. The van der Waals surface area contributed by atoms with Crippen LogP contribution in [0, 0.1) is 13.8 Å². The average Bonchev–Trinajstić information content (AvgIpc) is 2.40. The van der Waals surface area contributed by atoms with Crippen LogP contribution in [0.15, 0.2) is 10.5 Å². The Kier molecular flexibility index (Phi) is 3.44. The first-order valence-corrected chi connectivity index (χ1v) is 4.66. The van der Waals surface area contributed by atoms with Gasteiger partial charge in [0.25, 0.3) is 0 Å². The molecular weight excluding hydrogens is 207 g/mol. The summed E-state index contributed by atoms with van der Waals surface area (Å²) in [7, 11) is 0. The lowest BCUT2D eigenvalue weighted by Gasteiger charge is -2.14. The minimum absolute atomic E-state index is 0.357. The van der Waals surface area contributed by atoms with Crippen molar-refractivity contribution >= 4 is 0 Å². The van der Waals surface area contributed by atoms with Crippen molar-refractivity contribution in [3.63, 3.8) is 0 Å². The van der Waals surface area contributed by atoms with Gasteiger partial charge in [-0.05, 0) is 26.8 Å². The highest BCUT2D eigenvalue weighted by Gasteiger charge is 2.28. The topological polar surface area (TPSA) is 25.2 Å². The molecule has 1 aromatic rings. The lowest BCUT2D eigenvalue weighted by molar-refractivity contribution is -0.126. The van der Waals surface area contributed by atoms with Crippen LogP contribution in [0.2, 0.25) is 0 Å². The number of hydrogen-bond donors (Lipinski definition) is 1. The molecule has 0 aromatic carbocycles. The molecule has 1 N–H and O–H groups in total. The molecule has 1 heterocycles. The zero-order valence-electron chi connectivity index (χ0n) is 8.90. The minimum Gasteiger partial charge on any atom is -0.466 e. The van der Waals surface area contributed by atoms with Gasteiger partial charge in [0, 0.05) is 11.6 Å². The maximum atomic E-state index is 12.0. The summed E-state index contributed by atoms with van der Waals surface area (Å²) in [4.78, 5) is 0. The van der Waals surface area contributed by atoms with Crippen LogP contribution in [0.1, 0.15) is 30.0 Å². The van der Waals surface area contributed by atoms with Gasteiger partial charge in [-0.15, -0.1) is 0 Å². The Morgan fingerprint density at radius 3 is 2.40 bits per heavy atom. The van der Waals surface area contributed by atoms with Crippen molar-refractivity contribution in [3.8, 4) is 0 Å². The first kappa shape index (κ1) is 12.1. The highest BCUT2D eigenvalue weighted by Crippen LogP contribution is 2.22. The predicted molar refractivity (Wildman–Crippen MR) is 50.7 cm³/mol. The Hall–Kier alpha value is -0.970. The second-order valence-electron chi connectivity index (χ2n) is 3.59. The van der Waals surface area contributed by atoms with Crippen molar-refractivity contribution in [2.45, 2.75) is 33.0 Å². The minimum atomic E-state index is -4.18. The van der Waals surface area contributed by atoms with Gasteiger partial charge in [0.1, 0.15) is 11.5 Å². The molecular formula is C10H14F3NO. The molecule has 15 heavy (non-hydrogen) atoms. The third-order valence-corrected chi connectivity index (χ3v) is 2.15. The molecule has 0 aliphatic carbocycles. The fraction of sp³-hybridized carbons (Fsp3) is 0.600. The summed E-state index contributed by atoms with van der Waals surface area (Å²) in [6.45, 7) is 4.21. The smallest absolute Gasteiger partial charge is 0.401 e. The predicted octanol–water partition coefficient (Wildman–Crippen LogP) is 3.11. The van der Waals surface area contributed by atoms with Crippen LogP contribution in [0.25, 0.3) is 0 Å². The third kappa shape index (κ3) is 3.58. The number of halogens is 3. The van der Waals surface area contributed by atoms with Crippen molar-refractivity contribution in [3.05, 3.63) is 23.2 Å². The molecule has 0 aliphatic heterocycles. The molecule has 2 nitrogen and oxygen atoms in total. The molecule has 0 aliphatic rings. The van der Waals surface area contributed by atoms with Gasteiger partial charge < -0.3 is 9.73 Å². The van der Waals surface area contributed by atoms with Crippen LogP contribution in [-0.2, 0) is 0 Å². The van der Waals surface area contributed by atoms with E-state index in [0.717, 1.165) is 5.56 Å². The number of alkyl halides is 3. The van der Waals surface area contributed by atoms with Crippen LogP contribution in [0.5, 0.6) is 0 Å². The SMILES string of the molecule is Cc1cc(C(C)NCC(F)(F)F)c(C)o1.